The second kappa shape index (κ2) is 17.7. The highest BCUT2D eigenvalue weighted by Crippen LogP contribution is 2.41. The van der Waals surface area contributed by atoms with Crippen LogP contribution >= 0.6 is 21.6 Å². The standard InChI is InChI=1S/C24H41N5O4S2/c25-8-4-1-2-7-23(30)28-10-12-32-21-14-18-16-34-35-17-19(18)15-22(21)33-13-11-29-24(31)20(27)6-3-5-9-26/h14-15,20H,1-13,16-17,25-27H2,(H,28,30)(H,29,31)/t20-/m0/s1. The maximum atomic E-state index is 12.1. The van der Waals surface area contributed by atoms with E-state index in [1.165, 1.54) is 11.1 Å². The second-order valence-electron chi connectivity index (χ2n) is 8.42. The van der Waals surface area contributed by atoms with Crippen molar-refractivity contribution >= 4 is 33.4 Å². The van der Waals surface area contributed by atoms with Crippen LogP contribution in [0, 0.1) is 0 Å². The third-order valence-electron chi connectivity index (χ3n) is 5.53. The Morgan fingerprint density at radius 1 is 0.857 bits per heavy atom. The van der Waals surface area contributed by atoms with Crippen LogP contribution in [0.5, 0.6) is 11.5 Å². The van der Waals surface area contributed by atoms with Gasteiger partial charge in [0.1, 0.15) is 13.2 Å². The number of nitrogens with two attached hydrogens (primary N) is 3. The molecule has 0 bridgehead atoms. The lowest BCUT2D eigenvalue weighted by molar-refractivity contribution is -0.123. The minimum Gasteiger partial charge on any atom is -0.488 e. The van der Waals surface area contributed by atoms with Crippen LogP contribution < -0.4 is 37.3 Å². The molecular weight excluding hydrogens is 486 g/mol. The molecule has 2 rings (SSSR count). The second-order valence-corrected chi connectivity index (χ2v) is 10.9. The first-order valence-electron chi connectivity index (χ1n) is 12.4. The summed E-state index contributed by atoms with van der Waals surface area (Å²) in [7, 11) is 3.64. The Hall–Kier alpha value is -1.66. The number of rotatable bonds is 18. The van der Waals surface area contributed by atoms with Gasteiger partial charge in [-0.05, 0) is 62.0 Å². The Bertz CT molecular complexity index is 785. The number of nitrogens with one attached hydrogen (secondary N) is 2. The molecule has 0 aliphatic carbocycles. The number of ether oxygens (including phenoxy) is 2. The number of benzene rings is 1. The van der Waals surface area contributed by atoms with Crippen molar-refractivity contribution in [1.29, 1.82) is 0 Å². The average Bonchev–Trinajstić information content (AvgIpc) is 2.86. The van der Waals surface area contributed by atoms with Crippen molar-refractivity contribution in [2.24, 2.45) is 17.2 Å². The Kier molecular flexibility index (Phi) is 15.0. The molecule has 1 aromatic carbocycles. The Morgan fingerprint density at radius 3 is 2.03 bits per heavy atom. The molecule has 0 aromatic heterocycles. The van der Waals surface area contributed by atoms with Gasteiger partial charge in [0.25, 0.3) is 0 Å². The van der Waals surface area contributed by atoms with Gasteiger partial charge in [0.05, 0.1) is 19.1 Å². The average molecular weight is 528 g/mol. The lowest BCUT2D eigenvalue weighted by atomic mass is 10.1. The molecule has 11 heteroatoms. The molecule has 0 saturated carbocycles. The number of carbonyl (C=O) groups is 2. The highest BCUT2D eigenvalue weighted by molar-refractivity contribution is 8.76. The van der Waals surface area contributed by atoms with E-state index in [1.54, 1.807) is 0 Å². The number of fused-ring (bicyclic) bond motifs is 1. The first-order valence-corrected chi connectivity index (χ1v) is 14.9. The van der Waals surface area contributed by atoms with Crippen molar-refractivity contribution in [3.05, 3.63) is 23.3 Å². The molecule has 1 atom stereocenters. The van der Waals surface area contributed by atoms with Gasteiger partial charge >= 0.3 is 0 Å². The van der Waals surface area contributed by atoms with Gasteiger partial charge in [-0.2, -0.15) is 0 Å². The van der Waals surface area contributed by atoms with E-state index in [0.29, 0.717) is 63.7 Å². The Morgan fingerprint density at radius 2 is 1.43 bits per heavy atom. The summed E-state index contributed by atoms with van der Waals surface area (Å²) in [5, 5.41) is 5.72. The van der Waals surface area contributed by atoms with Gasteiger partial charge in [-0.25, -0.2) is 0 Å². The number of hydrogen-bond acceptors (Lipinski definition) is 9. The van der Waals surface area contributed by atoms with Crippen LogP contribution in [0.15, 0.2) is 12.1 Å². The lowest BCUT2D eigenvalue weighted by Gasteiger charge is -2.20. The largest absolute Gasteiger partial charge is 0.488 e. The molecule has 1 aromatic rings. The summed E-state index contributed by atoms with van der Waals surface area (Å²) in [6.45, 7) is 2.69. The zero-order valence-electron chi connectivity index (χ0n) is 20.5. The number of hydrogen-bond donors (Lipinski definition) is 5. The summed E-state index contributed by atoms with van der Waals surface area (Å²) < 4.78 is 12.0. The molecule has 1 heterocycles. The predicted octanol–water partition coefficient (Wildman–Crippen LogP) is 2.05. The Labute approximate surface area is 216 Å². The van der Waals surface area contributed by atoms with Crippen molar-refractivity contribution in [2.75, 3.05) is 39.4 Å². The molecule has 35 heavy (non-hydrogen) atoms. The van der Waals surface area contributed by atoms with Crippen LogP contribution in [0.1, 0.15) is 56.1 Å². The third kappa shape index (κ3) is 11.7. The smallest absolute Gasteiger partial charge is 0.237 e. The van der Waals surface area contributed by atoms with E-state index in [2.05, 4.69) is 10.6 Å². The van der Waals surface area contributed by atoms with Crippen molar-refractivity contribution in [1.82, 2.24) is 10.6 Å². The molecule has 2 amide bonds. The first kappa shape index (κ1) is 29.6. The van der Waals surface area contributed by atoms with Gasteiger partial charge in [0.15, 0.2) is 11.5 Å². The molecule has 0 spiro atoms. The third-order valence-corrected chi connectivity index (χ3v) is 7.76. The minimum atomic E-state index is -0.533. The SMILES string of the molecule is NCCCCCC(=O)NCCOc1cc2c(cc1OCCNC(=O)[C@@H](N)CCCCN)CSSC2. The number of unbranched alkanes of at least 4 members (excludes halogenated alkanes) is 3. The molecule has 1 aliphatic heterocycles. The van der Waals surface area contributed by atoms with Crippen LogP contribution in [0.25, 0.3) is 0 Å². The van der Waals surface area contributed by atoms with Gasteiger partial charge in [0.2, 0.25) is 11.8 Å². The first-order chi connectivity index (χ1) is 17.0. The zero-order valence-corrected chi connectivity index (χ0v) is 22.2. The summed E-state index contributed by atoms with van der Waals surface area (Å²) in [6, 6.07) is 3.51. The zero-order chi connectivity index (χ0) is 25.3. The van der Waals surface area contributed by atoms with Crippen molar-refractivity contribution < 1.29 is 19.1 Å². The van der Waals surface area contributed by atoms with Crippen LogP contribution in [0.3, 0.4) is 0 Å². The fourth-order valence-electron chi connectivity index (χ4n) is 3.50. The predicted molar refractivity (Wildman–Crippen MR) is 144 cm³/mol. The summed E-state index contributed by atoms with van der Waals surface area (Å²) in [5.41, 5.74) is 19.4. The van der Waals surface area contributed by atoms with E-state index in [9.17, 15) is 9.59 Å². The fourth-order valence-corrected chi connectivity index (χ4v) is 5.72. The quantitative estimate of drug-likeness (QED) is 0.142. The number of amides is 2. The molecule has 8 N–H and O–H groups in total. The highest BCUT2D eigenvalue weighted by atomic mass is 33.1. The molecule has 9 nitrogen and oxygen atoms in total. The normalized spacial score (nSPS) is 13.6. The van der Waals surface area contributed by atoms with Gasteiger partial charge < -0.3 is 37.3 Å². The topological polar surface area (TPSA) is 155 Å². The fraction of sp³-hybridized carbons (Fsp3) is 0.667. The van der Waals surface area contributed by atoms with Crippen molar-refractivity contribution in [3.63, 3.8) is 0 Å². The van der Waals surface area contributed by atoms with Gasteiger partial charge in [-0.15, -0.1) is 0 Å². The monoisotopic (exact) mass is 527 g/mol. The Balaban J connectivity index is 1.80. The van der Waals surface area contributed by atoms with E-state index in [-0.39, 0.29) is 11.8 Å². The van der Waals surface area contributed by atoms with Gasteiger partial charge in [0, 0.05) is 17.9 Å². The van der Waals surface area contributed by atoms with Crippen LogP contribution in [0.2, 0.25) is 0 Å². The van der Waals surface area contributed by atoms with E-state index >= 15 is 0 Å². The highest BCUT2D eigenvalue weighted by Gasteiger charge is 2.17. The van der Waals surface area contributed by atoms with E-state index in [0.717, 1.165) is 43.6 Å². The molecule has 1 aliphatic rings. The summed E-state index contributed by atoms with van der Waals surface area (Å²) in [4.78, 5) is 24.1. The van der Waals surface area contributed by atoms with E-state index < -0.39 is 6.04 Å². The van der Waals surface area contributed by atoms with Crippen molar-refractivity contribution in [3.8, 4) is 11.5 Å². The summed E-state index contributed by atoms with van der Waals surface area (Å²) >= 11 is 0. The van der Waals surface area contributed by atoms with Crippen molar-refractivity contribution in [2.45, 2.75) is 62.5 Å². The molecule has 0 radical (unpaired) electrons. The maximum Gasteiger partial charge on any atom is 0.237 e. The molecule has 0 unspecified atom stereocenters. The summed E-state index contributed by atoms with van der Waals surface area (Å²) in [6.07, 6.45) is 5.57. The minimum absolute atomic E-state index is 0.0259. The van der Waals surface area contributed by atoms with Crippen LogP contribution in [0.4, 0.5) is 0 Å². The van der Waals surface area contributed by atoms with Crippen LogP contribution in [-0.2, 0) is 21.1 Å². The number of carbonyl (C=O) groups excluding carboxylic acids is 2. The van der Waals surface area contributed by atoms with Crippen LogP contribution in [-0.4, -0.2) is 57.2 Å². The van der Waals surface area contributed by atoms with E-state index in [1.807, 2.05) is 33.7 Å². The molecular formula is C24H41N5O4S2. The molecule has 0 saturated heterocycles. The van der Waals surface area contributed by atoms with E-state index in [4.69, 9.17) is 26.7 Å². The van der Waals surface area contributed by atoms with Gasteiger partial charge in [-0.1, -0.05) is 34.4 Å². The van der Waals surface area contributed by atoms with Gasteiger partial charge in [-0.3, -0.25) is 9.59 Å². The molecule has 198 valence electrons. The molecule has 0 fully saturated rings. The maximum absolute atomic E-state index is 12.1. The lowest BCUT2D eigenvalue weighted by Crippen LogP contribution is -2.42. The summed E-state index contributed by atoms with van der Waals surface area (Å²) in [5.74, 6) is 2.96.